The average molecular weight is 410 g/mol. The van der Waals surface area contributed by atoms with Crippen LogP contribution in [0.25, 0.3) is 11.1 Å². The molecule has 0 radical (unpaired) electrons. The lowest BCUT2D eigenvalue weighted by molar-refractivity contribution is 0.203. The summed E-state index contributed by atoms with van der Waals surface area (Å²) in [5.74, 6) is 0.601. The fourth-order valence-electron chi connectivity index (χ4n) is 3.11. The van der Waals surface area contributed by atoms with E-state index in [1.54, 1.807) is 6.20 Å². The second-order valence-electron chi connectivity index (χ2n) is 6.54. The third-order valence-electron chi connectivity index (χ3n) is 4.60. The second kappa shape index (κ2) is 7.43. The van der Waals surface area contributed by atoms with E-state index in [1.165, 1.54) is 0 Å². The van der Waals surface area contributed by atoms with Gasteiger partial charge in [0.25, 0.3) is 10.2 Å². The molecule has 2 heterocycles. The van der Waals surface area contributed by atoms with Gasteiger partial charge in [-0.3, -0.25) is 5.32 Å². The lowest BCUT2D eigenvalue weighted by atomic mass is 9.98. The van der Waals surface area contributed by atoms with Gasteiger partial charge in [0.05, 0.1) is 6.54 Å². The van der Waals surface area contributed by atoms with E-state index in [0.29, 0.717) is 18.4 Å². The number of fused-ring (bicyclic) bond motifs is 1. The van der Waals surface area contributed by atoms with E-state index in [1.807, 2.05) is 35.2 Å². The summed E-state index contributed by atoms with van der Waals surface area (Å²) in [5, 5.41) is 7.82. The molecule has 1 aliphatic carbocycles. The van der Waals surface area contributed by atoms with Crippen molar-refractivity contribution in [1.29, 1.82) is 0 Å². The van der Waals surface area contributed by atoms with Crippen molar-refractivity contribution in [2.75, 3.05) is 5.32 Å². The smallest absolute Gasteiger partial charge is 0.317 e. The van der Waals surface area contributed by atoms with Crippen LogP contribution in [0.4, 0.5) is 10.6 Å². The van der Waals surface area contributed by atoms with Crippen molar-refractivity contribution in [1.82, 2.24) is 14.6 Å². The maximum Gasteiger partial charge on any atom is 0.323 e. The van der Waals surface area contributed by atoms with Crippen LogP contribution < -0.4 is 15.2 Å². The fourth-order valence-corrected chi connectivity index (χ4v) is 3.48. The van der Waals surface area contributed by atoms with Crippen molar-refractivity contribution in [3.8, 4) is 11.1 Å². The lowest BCUT2D eigenvalue weighted by Gasteiger charge is -2.30. The Morgan fingerprint density at radius 2 is 1.93 bits per heavy atom. The van der Waals surface area contributed by atoms with Crippen LogP contribution in [0.2, 0.25) is 0 Å². The zero-order valence-electron chi connectivity index (χ0n) is 14.4. The van der Waals surface area contributed by atoms with Crippen molar-refractivity contribution >= 4 is 34.5 Å². The molecule has 0 bridgehead atoms. The number of urea groups is 1. The van der Waals surface area contributed by atoms with E-state index in [4.69, 9.17) is 5.14 Å². The van der Waals surface area contributed by atoms with Crippen molar-refractivity contribution in [3.05, 3.63) is 47.7 Å². The molecular weight excluding hydrogens is 390 g/mol. The molecule has 1 fully saturated rings. The predicted octanol–water partition coefficient (Wildman–Crippen LogP) is 1.97. The van der Waals surface area contributed by atoms with Gasteiger partial charge in [-0.2, -0.15) is 13.1 Å². The lowest BCUT2D eigenvalue weighted by Crippen LogP contribution is -2.40. The maximum absolute atomic E-state index is 12.2. The van der Waals surface area contributed by atoms with Gasteiger partial charge in [0.15, 0.2) is 0 Å². The van der Waals surface area contributed by atoms with Gasteiger partial charge in [0.2, 0.25) is 0 Å². The zero-order valence-corrected chi connectivity index (χ0v) is 16.0. The summed E-state index contributed by atoms with van der Waals surface area (Å²) in [6.45, 7) is 0.683. The number of nitrogens with zero attached hydrogens (tertiary/aromatic N) is 2. The van der Waals surface area contributed by atoms with Crippen LogP contribution >= 0.6 is 12.4 Å². The number of benzene rings is 1. The van der Waals surface area contributed by atoms with Crippen molar-refractivity contribution in [2.24, 2.45) is 5.14 Å². The number of aromatic nitrogens is 1. The minimum absolute atomic E-state index is 0. The summed E-state index contributed by atoms with van der Waals surface area (Å²) in [5.41, 5.74) is 3.79. The Morgan fingerprint density at radius 3 is 2.56 bits per heavy atom. The number of rotatable bonds is 5. The number of nitrogens with two attached hydrogens (primary N) is 1. The standard InChI is InChI=1S/C17H19N5O3S.ClH/c18-26(24,25)20-9-11-1-3-12(4-2-11)14-7-8-19-16-15(14)10-22(13-5-6-13)17(23)21-16;/h1-4,7-8,13,20H,5-6,9-10H2,(H2,18,24,25)(H,19,21,23);1H. The van der Waals surface area contributed by atoms with Crippen molar-refractivity contribution in [2.45, 2.75) is 32.0 Å². The molecule has 10 heteroatoms. The molecule has 4 rings (SSSR count). The molecule has 1 saturated carbocycles. The van der Waals surface area contributed by atoms with Gasteiger partial charge < -0.3 is 4.90 Å². The summed E-state index contributed by atoms with van der Waals surface area (Å²) in [4.78, 5) is 18.3. The molecule has 1 aromatic heterocycles. The molecule has 0 saturated heterocycles. The number of carbonyl (C=O) groups is 1. The van der Waals surface area contributed by atoms with E-state index in [-0.39, 0.29) is 25.0 Å². The first-order chi connectivity index (χ1) is 12.4. The Bertz CT molecular complexity index is 961. The van der Waals surface area contributed by atoms with Crippen LogP contribution in [-0.2, 0) is 23.3 Å². The summed E-state index contributed by atoms with van der Waals surface area (Å²) in [6.07, 6.45) is 3.77. The van der Waals surface area contributed by atoms with Crippen molar-refractivity contribution in [3.63, 3.8) is 0 Å². The summed E-state index contributed by atoms with van der Waals surface area (Å²) >= 11 is 0. The minimum atomic E-state index is -3.71. The van der Waals surface area contributed by atoms with Crippen LogP contribution in [0.3, 0.4) is 0 Å². The number of hydrogen-bond acceptors (Lipinski definition) is 4. The number of hydrogen-bond donors (Lipinski definition) is 3. The number of anilines is 1. The first kappa shape index (κ1) is 19.6. The number of amides is 2. The summed E-state index contributed by atoms with van der Waals surface area (Å²) in [6, 6.07) is 9.71. The average Bonchev–Trinajstić information content (AvgIpc) is 3.43. The van der Waals surface area contributed by atoms with Gasteiger partial charge >= 0.3 is 6.03 Å². The van der Waals surface area contributed by atoms with Crippen LogP contribution in [0.1, 0.15) is 24.0 Å². The molecule has 0 spiro atoms. The summed E-state index contributed by atoms with van der Waals surface area (Å²) in [7, 11) is -3.71. The van der Waals surface area contributed by atoms with E-state index < -0.39 is 10.2 Å². The van der Waals surface area contributed by atoms with Gasteiger partial charge in [-0.25, -0.2) is 14.9 Å². The highest BCUT2D eigenvalue weighted by atomic mass is 35.5. The summed E-state index contributed by atoms with van der Waals surface area (Å²) < 4.78 is 24.2. The van der Waals surface area contributed by atoms with E-state index in [2.05, 4.69) is 15.0 Å². The largest absolute Gasteiger partial charge is 0.323 e. The van der Waals surface area contributed by atoms with Crippen LogP contribution in [0.15, 0.2) is 36.5 Å². The molecule has 1 aromatic carbocycles. The number of pyridine rings is 1. The van der Waals surface area contributed by atoms with Crippen molar-refractivity contribution < 1.29 is 13.2 Å². The van der Waals surface area contributed by atoms with Gasteiger partial charge in [-0.15, -0.1) is 12.4 Å². The second-order valence-corrected chi connectivity index (χ2v) is 7.92. The van der Waals surface area contributed by atoms with Gasteiger partial charge in [0.1, 0.15) is 5.82 Å². The molecule has 1 aliphatic heterocycles. The molecule has 0 atom stereocenters. The van der Waals surface area contributed by atoms with E-state index >= 15 is 0 Å². The Labute approximate surface area is 163 Å². The number of nitrogens with one attached hydrogen (secondary N) is 2. The molecule has 0 unspecified atom stereocenters. The fraction of sp³-hybridized carbons (Fsp3) is 0.294. The Morgan fingerprint density at radius 1 is 1.22 bits per heavy atom. The Balaban J connectivity index is 0.00000210. The monoisotopic (exact) mass is 409 g/mol. The number of halogens is 1. The molecule has 2 aromatic rings. The van der Waals surface area contributed by atoms with Gasteiger partial charge in [0, 0.05) is 24.3 Å². The zero-order chi connectivity index (χ0) is 18.3. The quantitative estimate of drug-likeness (QED) is 0.699. The molecule has 2 amide bonds. The molecule has 2 aliphatic rings. The van der Waals surface area contributed by atoms with E-state index in [9.17, 15) is 13.2 Å². The minimum Gasteiger partial charge on any atom is -0.317 e. The van der Waals surface area contributed by atoms with Crippen LogP contribution in [0.5, 0.6) is 0 Å². The molecule has 144 valence electrons. The first-order valence-corrected chi connectivity index (χ1v) is 9.87. The SMILES string of the molecule is Cl.NS(=O)(=O)NCc1ccc(-c2ccnc3c2CN(C2CC2)C(=O)N3)cc1. The Kier molecular flexibility index (Phi) is 5.38. The van der Waals surface area contributed by atoms with Gasteiger partial charge in [-0.05, 0) is 35.6 Å². The molecule has 27 heavy (non-hydrogen) atoms. The maximum atomic E-state index is 12.2. The van der Waals surface area contributed by atoms with Crippen LogP contribution in [-0.4, -0.2) is 30.4 Å². The normalized spacial score (nSPS) is 16.3. The highest BCUT2D eigenvalue weighted by Gasteiger charge is 2.36. The number of carbonyl (C=O) groups excluding carboxylic acids is 1. The van der Waals surface area contributed by atoms with Crippen LogP contribution in [0, 0.1) is 0 Å². The third-order valence-corrected chi connectivity index (χ3v) is 5.15. The van der Waals surface area contributed by atoms with E-state index in [0.717, 1.165) is 35.1 Å². The molecule has 4 N–H and O–H groups in total. The van der Waals surface area contributed by atoms with Gasteiger partial charge in [-0.1, -0.05) is 24.3 Å². The Hall–Kier alpha value is -2.20. The predicted molar refractivity (Wildman–Crippen MR) is 104 cm³/mol. The third kappa shape index (κ3) is 4.38. The molecular formula is C17H20ClN5O3S. The topological polar surface area (TPSA) is 117 Å². The molecule has 8 nitrogen and oxygen atoms in total. The highest BCUT2D eigenvalue weighted by molar-refractivity contribution is 7.87. The highest BCUT2D eigenvalue weighted by Crippen LogP contribution is 2.36. The first-order valence-electron chi connectivity index (χ1n) is 8.33.